The van der Waals surface area contributed by atoms with Crippen LogP contribution in [0, 0.1) is 0 Å². The van der Waals surface area contributed by atoms with Gasteiger partial charge >= 0.3 is 0 Å². The summed E-state index contributed by atoms with van der Waals surface area (Å²) in [6.07, 6.45) is 1.83. The van der Waals surface area contributed by atoms with E-state index in [9.17, 15) is 9.59 Å². The fourth-order valence-electron chi connectivity index (χ4n) is 2.43. The summed E-state index contributed by atoms with van der Waals surface area (Å²) in [5.41, 5.74) is 0. The quantitative estimate of drug-likeness (QED) is 0.794. The van der Waals surface area contributed by atoms with Gasteiger partial charge in [0.05, 0.1) is 0 Å². The Hall–Kier alpha value is -1.46. The van der Waals surface area contributed by atoms with E-state index in [2.05, 4.69) is 5.32 Å². The molecule has 1 aromatic carbocycles. The summed E-state index contributed by atoms with van der Waals surface area (Å²) in [6.45, 7) is 1.24. The molecular formula is C16H20Cl2N2O3. The molecule has 2 rings (SSSR count). The average molecular weight is 359 g/mol. The molecule has 0 aliphatic carbocycles. The topological polar surface area (TPSA) is 58.6 Å². The zero-order chi connectivity index (χ0) is 16.7. The van der Waals surface area contributed by atoms with Crippen LogP contribution in [0.4, 0.5) is 0 Å². The van der Waals surface area contributed by atoms with Crippen LogP contribution < -0.4 is 10.1 Å². The van der Waals surface area contributed by atoms with Crippen LogP contribution in [-0.4, -0.2) is 48.3 Å². The number of nitrogens with zero attached hydrogens (tertiary/aromatic N) is 1. The van der Waals surface area contributed by atoms with Crippen molar-refractivity contribution < 1.29 is 14.3 Å². The van der Waals surface area contributed by atoms with Gasteiger partial charge in [0, 0.05) is 36.5 Å². The summed E-state index contributed by atoms with van der Waals surface area (Å²) >= 11 is 11.3. The van der Waals surface area contributed by atoms with Crippen LogP contribution in [-0.2, 0) is 9.59 Å². The predicted octanol–water partition coefficient (Wildman–Crippen LogP) is 2.45. The van der Waals surface area contributed by atoms with E-state index in [4.69, 9.17) is 27.9 Å². The van der Waals surface area contributed by atoms with E-state index in [-0.39, 0.29) is 24.5 Å². The Labute approximate surface area is 145 Å². The first kappa shape index (κ1) is 17.9. The summed E-state index contributed by atoms with van der Waals surface area (Å²) in [7, 11) is 0. The van der Waals surface area contributed by atoms with Crippen molar-refractivity contribution in [1.82, 2.24) is 10.2 Å². The summed E-state index contributed by atoms with van der Waals surface area (Å²) in [4.78, 5) is 25.4. The van der Waals surface area contributed by atoms with Gasteiger partial charge in [-0.05, 0) is 37.1 Å². The monoisotopic (exact) mass is 358 g/mol. The summed E-state index contributed by atoms with van der Waals surface area (Å²) in [5.74, 6) is 0.859. The molecule has 0 bridgehead atoms. The van der Waals surface area contributed by atoms with Gasteiger partial charge in [0.2, 0.25) is 5.91 Å². The molecule has 126 valence electrons. The molecule has 1 aromatic rings. The molecule has 1 N–H and O–H groups in total. The zero-order valence-corrected chi connectivity index (χ0v) is 14.3. The van der Waals surface area contributed by atoms with Gasteiger partial charge in [-0.1, -0.05) is 11.6 Å². The van der Waals surface area contributed by atoms with Crippen molar-refractivity contribution in [2.75, 3.05) is 25.6 Å². The molecule has 0 radical (unpaired) electrons. The molecule has 0 unspecified atom stereocenters. The molecule has 23 heavy (non-hydrogen) atoms. The Balaban J connectivity index is 1.71. The Kier molecular flexibility index (Phi) is 6.99. The zero-order valence-electron chi connectivity index (χ0n) is 12.8. The van der Waals surface area contributed by atoms with Gasteiger partial charge in [-0.3, -0.25) is 9.59 Å². The predicted molar refractivity (Wildman–Crippen MR) is 90.0 cm³/mol. The SMILES string of the molecule is O=C(CCCl)NC1CCN(C(=O)COc2ccc(Cl)cc2)CC1. The lowest BCUT2D eigenvalue weighted by Gasteiger charge is -2.32. The highest BCUT2D eigenvalue weighted by Gasteiger charge is 2.23. The molecule has 1 aliphatic heterocycles. The highest BCUT2D eigenvalue weighted by Crippen LogP contribution is 2.16. The Morgan fingerprint density at radius 3 is 2.48 bits per heavy atom. The van der Waals surface area contributed by atoms with Crippen molar-refractivity contribution in [2.24, 2.45) is 0 Å². The number of carbonyl (C=O) groups excluding carboxylic acids is 2. The number of nitrogens with one attached hydrogen (secondary N) is 1. The number of hydrogen-bond acceptors (Lipinski definition) is 3. The number of alkyl halides is 1. The van der Waals surface area contributed by atoms with Crippen LogP contribution in [0.5, 0.6) is 5.75 Å². The Morgan fingerprint density at radius 2 is 1.87 bits per heavy atom. The van der Waals surface area contributed by atoms with Crippen molar-refractivity contribution in [3.63, 3.8) is 0 Å². The van der Waals surface area contributed by atoms with E-state index in [0.717, 1.165) is 12.8 Å². The molecule has 7 heteroatoms. The number of likely N-dealkylation sites (tertiary alicyclic amines) is 1. The summed E-state index contributed by atoms with van der Waals surface area (Å²) in [6, 6.07) is 7.02. The van der Waals surface area contributed by atoms with Crippen LogP contribution in [0.3, 0.4) is 0 Å². The van der Waals surface area contributed by atoms with Crippen molar-refractivity contribution in [3.8, 4) is 5.75 Å². The maximum absolute atomic E-state index is 12.1. The van der Waals surface area contributed by atoms with E-state index in [1.54, 1.807) is 29.2 Å². The molecule has 0 aromatic heterocycles. The van der Waals surface area contributed by atoms with Crippen molar-refractivity contribution in [3.05, 3.63) is 29.3 Å². The van der Waals surface area contributed by atoms with Gasteiger partial charge in [0.25, 0.3) is 5.91 Å². The molecule has 0 atom stereocenters. The molecular weight excluding hydrogens is 339 g/mol. The second kappa shape index (κ2) is 8.99. The number of ether oxygens (including phenoxy) is 1. The normalized spacial score (nSPS) is 15.3. The molecule has 0 saturated carbocycles. The Bertz CT molecular complexity index is 529. The van der Waals surface area contributed by atoms with E-state index in [1.165, 1.54) is 0 Å². The smallest absolute Gasteiger partial charge is 0.260 e. The minimum absolute atomic E-state index is 0.00487. The molecule has 5 nitrogen and oxygen atoms in total. The third kappa shape index (κ3) is 5.92. The average Bonchev–Trinajstić information content (AvgIpc) is 2.55. The minimum Gasteiger partial charge on any atom is -0.484 e. The first-order valence-corrected chi connectivity index (χ1v) is 8.51. The van der Waals surface area contributed by atoms with E-state index < -0.39 is 0 Å². The fraction of sp³-hybridized carbons (Fsp3) is 0.500. The largest absolute Gasteiger partial charge is 0.484 e. The number of amides is 2. The van der Waals surface area contributed by atoms with Gasteiger partial charge in [-0.2, -0.15) is 0 Å². The van der Waals surface area contributed by atoms with Crippen molar-refractivity contribution >= 4 is 35.0 Å². The summed E-state index contributed by atoms with van der Waals surface area (Å²) in [5, 5.41) is 3.56. The maximum atomic E-state index is 12.1. The third-order valence-electron chi connectivity index (χ3n) is 3.71. The molecule has 1 fully saturated rings. The van der Waals surface area contributed by atoms with Crippen molar-refractivity contribution in [1.29, 1.82) is 0 Å². The second-order valence-corrected chi connectivity index (χ2v) is 6.22. The van der Waals surface area contributed by atoms with Crippen molar-refractivity contribution in [2.45, 2.75) is 25.3 Å². The number of piperidine rings is 1. The standard InChI is InChI=1S/C16H20Cl2N2O3/c17-8-5-15(21)19-13-6-9-20(10-7-13)16(22)11-23-14-3-1-12(18)2-4-14/h1-4,13H,5-11H2,(H,19,21). The molecule has 0 spiro atoms. The number of benzene rings is 1. The maximum Gasteiger partial charge on any atom is 0.260 e. The number of halogens is 2. The molecule has 2 amide bonds. The number of hydrogen-bond donors (Lipinski definition) is 1. The number of rotatable bonds is 6. The lowest BCUT2D eigenvalue weighted by Crippen LogP contribution is -2.47. The highest BCUT2D eigenvalue weighted by molar-refractivity contribution is 6.30. The molecule has 1 aliphatic rings. The summed E-state index contributed by atoms with van der Waals surface area (Å²) < 4.78 is 5.47. The van der Waals surface area contributed by atoms with E-state index in [1.807, 2.05) is 0 Å². The minimum atomic E-state index is -0.0505. The van der Waals surface area contributed by atoms with Gasteiger partial charge in [-0.15, -0.1) is 11.6 Å². The number of carbonyl (C=O) groups is 2. The van der Waals surface area contributed by atoms with E-state index >= 15 is 0 Å². The van der Waals surface area contributed by atoms with Gasteiger partial charge in [-0.25, -0.2) is 0 Å². The lowest BCUT2D eigenvalue weighted by molar-refractivity contribution is -0.134. The third-order valence-corrected chi connectivity index (χ3v) is 4.15. The lowest BCUT2D eigenvalue weighted by atomic mass is 10.0. The van der Waals surface area contributed by atoms with Crippen LogP contribution in [0.15, 0.2) is 24.3 Å². The fourth-order valence-corrected chi connectivity index (χ4v) is 2.72. The Morgan fingerprint density at radius 1 is 1.22 bits per heavy atom. The second-order valence-electron chi connectivity index (χ2n) is 5.40. The molecule has 1 heterocycles. The first-order chi connectivity index (χ1) is 11.1. The molecule has 1 saturated heterocycles. The van der Waals surface area contributed by atoms with Crippen LogP contribution >= 0.6 is 23.2 Å². The van der Waals surface area contributed by atoms with E-state index in [0.29, 0.717) is 36.2 Å². The van der Waals surface area contributed by atoms with Gasteiger partial charge in [0.1, 0.15) is 5.75 Å². The van der Waals surface area contributed by atoms with Crippen LogP contribution in [0.25, 0.3) is 0 Å². The highest BCUT2D eigenvalue weighted by atomic mass is 35.5. The van der Waals surface area contributed by atoms with Crippen LogP contribution in [0.1, 0.15) is 19.3 Å². The van der Waals surface area contributed by atoms with Crippen LogP contribution in [0.2, 0.25) is 5.02 Å². The first-order valence-electron chi connectivity index (χ1n) is 7.60. The van der Waals surface area contributed by atoms with Gasteiger partial charge < -0.3 is 15.0 Å². The van der Waals surface area contributed by atoms with Gasteiger partial charge in [0.15, 0.2) is 6.61 Å².